The molecule has 0 saturated carbocycles. The summed E-state index contributed by atoms with van der Waals surface area (Å²) < 4.78 is 7.28. The molecule has 0 atom stereocenters. The van der Waals surface area contributed by atoms with Crippen LogP contribution in [-0.4, -0.2) is 46.7 Å². The van der Waals surface area contributed by atoms with Crippen LogP contribution in [0.2, 0.25) is 10.0 Å². The number of pyridine rings is 1. The maximum absolute atomic E-state index is 13.0. The molecule has 3 heterocycles. The van der Waals surface area contributed by atoms with Crippen LogP contribution < -0.4 is 5.32 Å². The Bertz CT molecular complexity index is 1010. The summed E-state index contributed by atoms with van der Waals surface area (Å²) in [4.78, 5) is 19.3. The van der Waals surface area contributed by atoms with E-state index in [1.165, 1.54) is 0 Å². The predicted octanol–water partition coefficient (Wildman–Crippen LogP) is 4.10. The van der Waals surface area contributed by atoms with Crippen LogP contribution in [0, 0.1) is 0 Å². The Morgan fingerprint density at radius 1 is 1.19 bits per heavy atom. The number of benzene rings is 1. The molecule has 1 saturated heterocycles. The number of fused-ring (bicyclic) bond motifs is 1. The second-order valence-electron chi connectivity index (χ2n) is 6.37. The van der Waals surface area contributed by atoms with Gasteiger partial charge in [0.1, 0.15) is 5.82 Å². The van der Waals surface area contributed by atoms with Crippen molar-refractivity contribution in [2.24, 2.45) is 7.05 Å². The lowest BCUT2D eigenvalue weighted by Crippen LogP contribution is -2.40. The number of carbonyl (C=O) groups excluding carboxylic acids is 1. The molecule has 0 radical (unpaired) electrons. The van der Waals surface area contributed by atoms with Crippen LogP contribution in [-0.2, 0) is 11.8 Å². The van der Waals surface area contributed by atoms with Crippen LogP contribution in [0.3, 0.4) is 0 Å². The van der Waals surface area contributed by atoms with Crippen molar-refractivity contribution in [3.8, 4) is 0 Å². The van der Waals surface area contributed by atoms with E-state index in [0.717, 1.165) is 16.6 Å². The highest BCUT2D eigenvalue weighted by Crippen LogP contribution is 2.31. The van der Waals surface area contributed by atoms with Gasteiger partial charge in [-0.3, -0.25) is 4.79 Å². The Labute approximate surface area is 166 Å². The highest BCUT2D eigenvalue weighted by atomic mass is 35.5. The van der Waals surface area contributed by atoms with Gasteiger partial charge in [0.05, 0.1) is 34.3 Å². The first-order chi connectivity index (χ1) is 13.0. The number of morpholine rings is 1. The number of aryl methyl sites for hydroxylation is 1. The van der Waals surface area contributed by atoms with Crippen LogP contribution in [0.4, 0.5) is 11.5 Å². The van der Waals surface area contributed by atoms with Gasteiger partial charge >= 0.3 is 0 Å². The number of hydrogen-bond acceptors (Lipinski definition) is 4. The van der Waals surface area contributed by atoms with E-state index in [-0.39, 0.29) is 5.91 Å². The summed E-state index contributed by atoms with van der Waals surface area (Å²) in [6.45, 7) is 2.31. The summed E-state index contributed by atoms with van der Waals surface area (Å²) >= 11 is 12.1. The molecule has 1 amide bonds. The van der Waals surface area contributed by atoms with E-state index >= 15 is 0 Å². The molecule has 0 unspecified atom stereocenters. The van der Waals surface area contributed by atoms with Crippen molar-refractivity contribution in [3.63, 3.8) is 0 Å². The van der Waals surface area contributed by atoms with E-state index in [2.05, 4.69) is 10.3 Å². The van der Waals surface area contributed by atoms with Gasteiger partial charge in [-0.25, -0.2) is 4.98 Å². The molecule has 3 aromatic rings. The zero-order valence-corrected chi connectivity index (χ0v) is 16.2. The van der Waals surface area contributed by atoms with Crippen LogP contribution >= 0.6 is 23.2 Å². The molecular formula is C19H18Cl2N4O2. The van der Waals surface area contributed by atoms with E-state index in [9.17, 15) is 4.79 Å². The smallest absolute Gasteiger partial charge is 0.257 e. The number of rotatable bonds is 3. The fraction of sp³-hybridized carbons (Fsp3) is 0.263. The number of carbonyl (C=O) groups is 1. The van der Waals surface area contributed by atoms with Gasteiger partial charge in [-0.05, 0) is 24.3 Å². The van der Waals surface area contributed by atoms with Gasteiger partial charge in [-0.1, -0.05) is 23.2 Å². The van der Waals surface area contributed by atoms with E-state index in [0.29, 0.717) is 47.7 Å². The highest BCUT2D eigenvalue weighted by molar-refractivity contribution is 6.42. The third-order valence-electron chi connectivity index (χ3n) is 4.62. The van der Waals surface area contributed by atoms with Crippen LogP contribution in [0.1, 0.15) is 10.4 Å². The van der Waals surface area contributed by atoms with Crippen molar-refractivity contribution >= 4 is 51.5 Å². The standard InChI is InChI=1S/C19H18Cl2N4O2/c1-24-5-4-13-17(24)14(19(26)25-6-8-27-9-7-25)11-22-18(13)23-12-2-3-15(20)16(21)10-12/h2-5,10-11H,6-9H2,1H3,(H,22,23). The normalized spacial score (nSPS) is 14.6. The van der Waals surface area contributed by atoms with Gasteiger partial charge in [0.2, 0.25) is 0 Å². The second kappa shape index (κ2) is 7.38. The Hall–Kier alpha value is -2.28. The fourth-order valence-electron chi connectivity index (χ4n) is 3.22. The monoisotopic (exact) mass is 404 g/mol. The van der Waals surface area contributed by atoms with Crippen LogP contribution in [0.15, 0.2) is 36.7 Å². The van der Waals surface area contributed by atoms with Crippen LogP contribution in [0.25, 0.3) is 10.9 Å². The average Bonchev–Trinajstić information content (AvgIpc) is 3.08. The topological polar surface area (TPSA) is 59.4 Å². The first-order valence-electron chi connectivity index (χ1n) is 8.58. The average molecular weight is 405 g/mol. The van der Waals surface area contributed by atoms with Gasteiger partial charge in [0, 0.05) is 43.6 Å². The molecule has 1 fully saturated rings. The predicted molar refractivity (Wildman–Crippen MR) is 107 cm³/mol. The molecule has 0 aliphatic carbocycles. The van der Waals surface area contributed by atoms with Gasteiger partial charge in [0.25, 0.3) is 5.91 Å². The number of nitrogens with one attached hydrogen (secondary N) is 1. The van der Waals surface area contributed by atoms with Crippen molar-refractivity contribution in [2.75, 3.05) is 31.6 Å². The lowest BCUT2D eigenvalue weighted by Gasteiger charge is -2.27. The molecule has 6 nitrogen and oxygen atoms in total. The van der Waals surface area contributed by atoms with Gasteiger partial charge < -0.3 is 19.5 Å². The zero-order valence-electron chi connectivity index (χ0n) is 14.7. The summed E-state index contributed by atoms with van der Waals surface area (Å²) in [6, 6.07) is 7.24. The number of hydrogen-bond donors (Lipinski definition) is 1. The largest absolute Gasteiger partial charge is 0.378 e. The zero-order chi connectivity index (χ0) is 19.0. The number of aromatic nitrogens is 2. The van der Waals surface area contributed by atoms with Crippen molar-refractivity contribution < 1.29 is 9.53 Å². The van der Waals surface area contributed by atoms with E-state index < -0.39 is 0 Å². The molecule has 0 bridgehead atoms. The number of nitrogens with zero attached hydrogens (tertiary/aromatic N) is 3. The van der Waals surface area contributed by atoms with Crippen molar-refractivity contribution in [2.45, 2.75) is 0 Å². The molecule has 1 aliphatic rings. The Kier molecular flexibility index (Phi) is 4.95. The molecule has 1 aromatic carbocycles. The maximum Gasteiger partial charge on any atom is 0.257 e. The third-order valence-corrected chi connectivity index (χ3v) is 5.36. The first kappa shape index (κ1) is 18.1. The number of halogens is 2. The highest BCUT2D eigenvalue weighted by Gasteiger charge is 2.23. The summed E-state index contributed by atoms with van der Waals surface area (Å²) in [5.74, 6) is 0.626. The van der Waals surface area contributed by atoms with E-state index in [4.69, 9.17) is 27.9 Å². The summed E-state index contributed by atoms with van der Waals surface area (Å²) in [7, 11) is 1.92. The molecule has 1 aliphatic heterocycles. The maximum atomic E-state index is 13.0. The molecule has 0 spiro atoms. The van der Waals surface area contributed by atoms with Crippen molar-refractivity contribution in [1.82, 2.24) is 14.5 Å². The molecule has 140 valence electrons. The lowest BCUT2D eigenvalue weighted by atomic mass is 10.1. The molecule has 1 N–H and O–H groups in total. The second-order valence-corrected chi connectivity index (χ2v) is 7.18. The molecule has 8 heteroatoms. The fourth-order valence-corrected chi connectivity index (χ4v) is 3.52. The summed E-state index contributed by atoms with van der Waals surface area (Å²) in [5, 5.41) is 5.08. The lowest BCUT2D eigenvalue weighted by molar-refractivity contribution is 0.0303. The minimum atomic E-state index is -0.0290. The molecule has 4 rings (SSSR count). The summed E-state index contributed by atoms with van der Waals surface area (Å²) in [5.41, 5.74) is 2.19. The van der Waals surface area contributed by atoms with E-state index in [1.54, 1.807) is 23.2 Å². The summed E-state index contributed by atoms with van der Waals surface area (Å²) in [6.07, 6.45) is 3.54. The van der Waals surface area contributed by atoms with Crippen LogP contribution in [0.5, 0.6) is 0 Å². The number of amides is 1. The SMILES string of the molecule is Cn1ccc2c(Nc3ccc(Cl)c(Cl)c3)ncc(C(=O)N3CCOCC3)c21. The third kappa shape index (κ3) is 3.48. The minimum absolute atomic E-state index is 0.0290. The number of ether oxygens (including phenoxy) is 1. The molecular weight excluding hydrogens is 387 g/mol. The van der Waals surface area contributed by atoms with Gasteiger partial charge in [-0.15, -0.1) is 0 Å². The van der Waals surface area contributed by atoms with Gasteiger partial charge in [-0.2, -0.15) is 0 Å². The molecule has 2 aromatic heterocycles. The minimum Gasteiger partial charge on any atom is -0.378 e. The molecule has 27 heavy (non-hydrogen) atoms. The van der Waals surface area contributed by atoms with Crippen molar-refractivity contribution in [3.05, 3.63) is 52.3 Å². The quantitative estimate of drug-likeness (QED) is 0.713. The Balaban J connectivity index is 1.72. The van der Waals surface area contributed by atoms with Crippen molar-refractivity contribution in [1.29, 1.82) is 0 Å². The Morgan fingerprint density at radius 2 is 1.96 bits per heavy atom. The van der Waals surface area contributed by atoms with E-state index in [1.807, 2.05) is 29.9 Å². The van der Waals surface area contributed by atoms with Gasteiger partial charge in [0.15, 0.2) is 0 Å². The number of anilines is 2. The first-order valence-corrected chi connectivity index (χ1v) is 9.33. The Morgan fingerprint density at radius 3 is 2.70 bits per heavy atom.